The molecule has 0 bridgehead atoms. The smallest absolute Gasteiger partial charge is 0.253 e. The van der Waals surface area contributed by atoms with E-state index in [1.807, 2.05) is 10.3 Å². The molecule has 1 N–H and O–H groups in total. The van der Waals surface area contributed by atoms with E-state index in [4.69, 9.17) is 4.98 Å². The minimum Gasteiger partial charge on any atom is -0.508 e. The molecule has 0 unspecified atom stereocenters. The van der Waals surface area contributed by atoms with E-state index in [1.54, 1.807) is 35.6 Å². The predicted molar refractivity (Wildman–Crippen MR) is 103 cm³/mol. The van der Waals surface area contributed by atoms with Gasteiger partial charge in [0.05, 0.1) is 5.39 Å². The first kappa shape index (κ1) is 16.8. The van der Waals surface area contributed by atoms with Crippen LogP contribution >= 0.6 is 11.3 Å². The molecule has 0 saturated carbocycles. The number of piperazine rings is 1. The Morgan fingerprint density at radius 1 is 1.12 bits per heavy atom. The van der Waals surface area contributed by atoms with Crippen molar-refractivity contribution >= 4 is 33.3 Å². The number of aromatic hydroxyl groups is 1. The number of nitrogens with zero attached hydrogens (tertiary/aromatic N) is 4. The lowest BCUT2D eigenvalue weighted by Crippen LogP contribution is -2.49. The number of fused-ring (bicyclic) bond motifs is 1. The molecule has 3 heterocycles. The van der Waals surface area contributed by atoms with Gasteiger partial charge in [0.2, 0.25) is 0 Å². The number of carbonyl (C=O) groups is 1. The summed E-state index contributed by atoms with van der Waals surface area (Å²) in [6.45, 7) is 4.85. The fourth-order valence-corrected chi connectivity index (χ4v) is 3.97. The molecule has 7 heteroatoms. The lowest BCUT2D eigenvalue weighted by molar-refractivity contribution is 0.0746. The molecule has 1 fully saturated rings. The van der Waals surface area contributed by atoms with Gasteiger partial charge < -0.3 is 14.9 Å². The molecule has 1 aliphatic heterocycles. The third-order valence-electron chi connectivity index (χ3n) is 4.65. The molecule has 26 heavy (non-hydrogen) atoms. The van der Waals surface area contributed by atoms with Gasteiger partial charge in [0.15, 0.2) is 0 Å². The van der Waals surface area contributed by atoms with Gasteiger partial charge in [0, 0.05) is 38.2 Å². The highest BCUT2D eigenvalue weighted by atomic mass is 32.1. The van der Waals surface area contributed by atoms with Crippen molar-refractivity contribution in [3.8, 4) is 5.75 Å². The Labute approximate surface area is 155 Å². The quantitative estimate of drug-likeness (QED) is 0.770. The summed E-state index contributed by atoms with van der Waals surface area (Å²) in [5.41, 5.74) is 0.604. The van der Waals surface area contributed by atoms with E-state index in [-0.39, 0.29) is 11.7 Å². The second-order valence-electron chi connectivity index (χ2n) is 6.28. The van der Waals surface area contributed by atoms with Crippen LogP contribution in [0.15, 0.2) is 35.7 Å². The Kier molecular flexibility index (Phi) is 4.46. The van der Waals surface area contributed by atoms with Gasteiger partial charge in [-0.25, -0.2) is 9.97 Å². The summed E-state index contributed by atoms with van der Waals surface area (Å²) in [7, 11) is 0. The molecular weight excluding hydrogens is 348 g/mol. The highest BCUT2D eigenvalue weighted by molar-refractivity contribution is 7.16. The van der Waals surface area contributed by atoms with Crippen molar-refractivity contribution in [1.29, 1.82) is 0 Å². The molecule has 0 spiro atoms. The van der Waals surface area contributed by atoms with Crippen LogP contribution in [0, 0.1) is 0 Å². The topological polar surface area (TPSA) is 69.6 Å². The number of carbonyl (C=O) groups excluding carboxylic acids is 1. The maximum Gasteiger partial charge on any atom is 0.253 e. The highest BCUT2D eigenvalue weighted by Crippen LogP contribution is 2.29. The van der Waals surface area contributed by atoms with Gasteiger partial charge in [-0.3, -0.25) is 4.79 Å². The van der Waals surface area contributed by atoms with Crippen LogP contribution in [-0.4, -0.2) is 52.1 Å². The average Bonchev–Trinajstić information content (AvgIpc) is 3.16. The van der Waals surface area contributed by atoms with Crippen LogP contribution in [0.5, 0.6) is 5.75 Å². The summed E-state index contributed by atoms with van der Waals surface area (Å²) in [4.78, 5) is 27.1. The maximum absolute atomic E-state index is 12.6. The maximum atomic E-state index is 12.6. The van der Waals surface area contributed by atoms with Crippen molar-refractivity contribution < 1.29 is 9.90 Å². The van der Waals surface area contributed by atoms with Crippen LogP contribution < -0.4 is 4.90 Å². The number of anilines is 1. The number of aryl methyl sites for hydroxylation is 1. The third kappa shape index (κ3) is 3.10. The number of aromatic nitrogens is 2. The molecule has 1 amide bonds. The van der Waals surface area contributed by atoms with E-state index in [2.05, 4.69) is 22.9 Å². The SMILES string of the molecule is CCc1nc(N2CCN(C(=O)c3ccc(O)cc3)CC2)c2ccsc2n1. The van der Waals surface area contributed by atoms with Crippen molar-refractivity contribution in [2.24, 2.45) is 0 Å². The summed E-state index contributed by atoms with van der Waals surface area (Å²) in [6, 6.07) is 8.49. The van der Waals surface area contributed by atoms with Crippen LogP contribution in [0.25, 0.3) is 10.2 Å². The molecule has 1 saturated heterocycles. The summed E-state index contributed by atoms with van der Waals surface area (Å²) >= 11 is 1.64. The van der Waals surface area contributed by atoms with Crippen molar-refractivity contribution in [3.63, 3.8) is 0 Å². The lowest BCUT2D eigenvalue weighted by Gasteiger charge is -2.35. The molecule has 0 atom stereocenters. The Morgan fingerprint density at radius 3 is 2.54 bits per heavy atom. The number of thiophene rings is 1. The van der Waals surface area contributed by atoms with Crippen molar-refractivity contribution in [2.45, 2.75) is 13.3 Å². The molecule has 134 valence electrons. The van der Waals surface area contributed by atoms with Crippen molar-refractivity contribution in [2.75, 3.05) is 31.1 Å². The van der Waals surface area contributed by atoms with Gasteiger partial charge in [0.25, 0.3) is 5.91 Å². The number of phenolic OH excluding ortho intramolecular Hbond substituents is 1. The van der Waals surface area contributed by atoms with Gasteiger partial charge in [-0.05, 0) is 35.7 Å². The van der Waals surface area contributed by atoms with E-state index < -0.39 is 0 Å². The van der Waals surface area contributed by atoms with E-state index in [1.165, 1.54) is 0 Å². The third-order valence-corrected chi connectivity index (χ3v) is 5.45. The first-order valence-electron chi connectivity index (χ1n) is 8.73. The molecule has 4 rings (SSSR count). The van der Waals surface area contributed by atoms with Gasteiger partial charge in [-0.15, -0.1) is 11.3 Å². The monoisotopic (exact) mass is 368 g/mol. The second kappa shape index (κ2) is 6.92. The fourth-order valence-electron chi connectivity index (χ4n) is 3.19. The van der Waals surface area contributed by atoms with E-state index >= 15 is 0 Å². The Bertz CT molecular complexity index is 930. The van der Waals surface area contributed by atoms with Crippen molar-refractivity contribution in [3.05, 3.63) is 47.1 Å². The normalized spacial score (nSPS) is 14.8. The first-order valence-corrected chi connectivity index (χ1v) is 9.61. The molecular formula is C19H20N4O2S. The number of benzene rings is 1. The Balaban J connectivity index is 1.51. The van der Waals surface area contributed by atoms with Gasteiger partial charge >= 0.3 is 0 Å². The first-order chi connectivity index (χ1) is 12.7. The lowest BCUT2D eigenvalue weighted by atomic mass is 10.1. The predicted octanol–water partition coefficient (Wildman–Crippen LogP) is 2.92. The largest absolute Gasteiger partial charge is 0.508 e. The van der Waals surface area contributed by atoms with Crippen LogP contribution in [0.3, 0.4) is 0 Å². The number of hydrogen-bond acceptors (Lipinski definition) is 6. The molecule has 0 radical (unpaired) electrons. The van der Waals surface area contributed by atoms with E-state index in [9.17, 15) is 9.90 Å². The van der Waals surface area contributed by atoms with Crippen LogP contribution in [0.1, 0.15) is 23.1 Å². The molecule has 3 aromatic rings. The van der Waals surface area contributed by atoms with Gasteiger partial charge in [-0.1, -0.05) is 6.92 Å². The van der Waals surface area contributed by atoms with Crippen molar-refractivity contribution in [1.82, 2.24) is 14.9 Å². The van der Waals surface area contributed by atoms with Gasteiger partial charge in [0.1, 0.15) is 22.2 Å². The van der Waals surface area contributed by atoms with Crippen LogP contribution in [0.4, 0.5) is 5.82 Å². The Morgan fingerprint density at radius 2 is 1.85 bits per heavy atom. The zero-order valence-corrected chi connectivity index (χ0v) is 15.4. The number of amides is 1. The van der Waals surface area contributed by atoms with E-state index in [0.29, 0.717) is 18.7 Å². The number of phenols is 1. The number of hydrogen-bond donors (Lipinski definition) is 1. The van der Waals surface area contributed by atoms with Gasteiger partial charge in [-0.2, -0.15) is 0 Å². The fraction of sp³-hybridized carbons (Fsp3) is 0.316. The summed E-state index contributed by atoms with van der Waals surface area (Å²) in [6.07, 6.45) is 0.806. The van der Waals surface area contributed by atoms with Crippen LogP contribution in [-0.2, 0) is 6.42 Å². The summed E-state index contributed by atoms with van der Waals surface area (Å²) in [5.74, 6) is 2.01. The second-order valence-corrected chi connectivity index (χ2v) is 7.18. The van der Waals surface area contributed by atoms with Crippen LogP contribution in [0.2, 0.25) is 0 Å². The number of rotatable bonds is 3. The zero-order chi connectivity index (χ0) is 18.1. The molecule has 2 aromatic heterocycles. The minimum atomic E-state index is 0.00210. The molecule has 1 aromatic carbocycles. The summed E-state index contributed by atoms with van der Waals surface area (Å²) in [5, 5.41) is 12.5. The molecule has 1 aliphatic rings. The van der Waals surface area contributed by atoms with E-state index in [0.717, 1.165) is 41.4 Å². The molecule has 0 aliphatic carbocycles. The highest BCUT2D eigenvalue weighted by Gasteiger charge is 2.24. The minimum absolute atomic E-state index is 0.00210. The standard InChI is InChI=1S/C19H20N4O2S/c1-2-16-20-17(15-7-12-26-18(15)21-16)22-8-10-23(11-9-22)19(25)13-3-5-14(24)6-4-13/h3-7,12,24H,2,8-11H2,1H3. The Hall–Kier alpha value is -2.67. The molecule has 6 nitrogen and oxygen atoms in total. The average molecular weight is 368 g/mol. The summed E-state index contributed by atoms with van der Waals surface area (Å²) < 4.78 is 0. The zero-order valence-electron chi connectivity index (χ0n) is 14.6.